The lowest BCUT2D eigenvalue weighted by molar-refractivity contribution is -0.144. The lowest BCUT2D eigenvalue weighted by atomic mass is 9.48. The minimum atomic E-state index is -0.972. The molecule has 3 saturated carbocycles. The number of likely N-dealkylation sites (tertiary alicyclic amines) is 1. The Morgan fingerprint density at radius 2 is 1.72 bits per heavy atom. The summed E-state index contributed by atoms with van der Waals surface area (Å²) in [5, 5.41) is 24.8. The second kappa shape index (κ2) is 20.5. The van der Waals surface area contributed by atoms with E-state index in [1.807, 2.05) is 93.9 Å². The number of aromatic nitrogens is 1. The van der Waals surface area contributed by atoms with Crippen molar-refractivity contribution >= 4 is 57.3 Å². The molecule has 0 unspecified atom stereocenters. The van der Waals surface area contributed by atoms with Gasteiger partial charge < -0.3 is 40.7 Å². The van der Waals surface area contributed by atoms with Crippen LogP contribution in [0.2, 0.25) is 0 Å². The van der Waals surface area contributed by atoms with E-state index in [1.165, 1.54) is 4.90 Å². The molecule has 14 nitrogen and oxygen atoms in total. The fourth-order valence-corrected chi connectivity index (χ4v) is 13.8. The van der Waals surface area contributed by atoms with Crippen LogP contribution in [0.1, 0.15) is 97.2 Å². The molecule has 1 aromatic heterocycles. The largest absolute Gasteiger partial charge is 0.493 e. The van der Waals surface area contributed by atoms with Crippen LogP contribution in [-0.2, 0) is 35.3 Å². The molecule has 5 N–H and O–H groups in total. The molecule has 378 valence electrons. The van der Waals surface area contributed by atoms with Gasteiger partial charge in [-0.2, -0.15) is 0 Å². The van der Waals surface area contributed by atoms with Crippen molar-refractivity contribution < 1.29 is 38.6 Å². The van der Waals surface area contributed by atoms with Gasteiger partial charge in [-0.05, 0) is 103 Å². The van der Waals surface area contributed by atoms with Crippen LogP contribution in [0.25, 0.3) is 21.2 Å². The number of amides is 5. The number of rotatable bonds is 15. The maximum atomic E-state index is 14.3. The van der Waals surface area contributed by atoms with Crippen LogP contribution in [0.4, 0.5) is 5.69 Å². The van der Waals surface area contributed by atoms with Crippen LogP contribution in [-0.4, -0.2) is 95.1 Å². The lowest BCUT2D eigenvalue weighted by Crippen LogP contribution is -2.59. The third-order valence-electron chi connectivity index (χ3n) is 16.8. The van der Waals surface area contributed by atoms with Gasteiger partial charge in [-0.15, -0.1) is 11.3 Å². The van der Waals surface area contributed by atoms with Crippen LogP contribution in [0.15, 0.2) is 78.3 Å². The van der Waals surface area contributed by atoms with Crippen LogP contribution in [0.3, 0.4) is 0 Å². The zero-order valence-electron chi connectivity index (χ0n) is 41.9. The summed E-state index contributed by atoms with van der Waals surface area (Å²) in [6, 6.07) is 17.9. The van der Waals surface area contributed by atoms with Crippen molar-refractivity contribution in [1.29, 1.82) is 0 Å². The fourth-order valence-electron chi connectivity index (χ4n) is 13.0. The summed E-state index contributed by atoms with van der Waals surface area (Å²) < 4.78 is 12.0. The number of carbonyl (C=O) groups is 5. The number of nitrogens with zero attached hydrogens (tertiary/aromatic N) is 2. The number of anilines is 1. The van der Waals surface area contributed by atoms with Crippen molar-refractivity contribution in [3.8, 4) is 16.2 Å². The Bertz CT molecular complexity index is 2680. The minimum absolute atomic E-state index is 0.0155. The maximum Gasteiger partial charge on any atom is 0.246 e. The third kappa shape index (κ3) is 10.2. The number of thiazole rings is 1. The highest BCUT2D eigenvalue weighted by atomic mass is 32.1. The lowest BCUT2D eigenvalue weighted by Gasteiger charge is -2.58. The number of ether oxygens (including phenoxy) is 2. The highest BCUT2D eigenvalue weighted by Gasteiger charge is 2.61. The van der Waals surface area contributed by atoms with E-state index in [9.17, 15) is 29.1 Å². The molecule has 10 atom stereocenters. The molecule has 15 heteroatoms. The first kappa shape index (κ1) is 50.3. The van der Waals surface area contributed by atoms with E-state index in [2.05, 4.69) is 46.2 Å². The molecule has 71 heavy (non-hydrogen) atoms. The van der Waals surface area contributed by atoms with E-state index in [-0.39, 0.29) is 73.2 Å². The summed E-state index contributed by atoms with van der Waals surface area (Å²) in [5.41, 5.74) is 4.65. The van der Waals surface area contributed by atoms with Crippen LogP contribution < -0.4 is 26.0 Å². The van der Waals surface area contributed by atoms with Crippen molar-refractivity contribution in [2.45, 2.75) is 124 Å². The maximum absolute atomic E-state index is 14.3. The van der Waals surface area contributed by atoms with Gasteiger partial charge in [0.25, 0.3) is 0 Å². The molecule has 3 aromatic carbocycles. The van der Waals surface area contributed by atoms with E-state index >= 15 is 0 Å². The van der Waals surface area contributed by atoms with Gasteiger partial charge in [-0.3, -0.25) is 24.0 Å². The molecule has 0 bridgehead atoms. The van der Waals surface area contributed by atoms with Gasteiger partial charge in [-0.25, -0.2) is 4.98 Å². The first-order chi connectivity index (χ1) is 33.9. The van der Waals surface area contributed by atoms with Crippen molar-refractivity contribution in [2.75, 3.05) is 31.7 Å². The van der Waals surface area contributed by atoms with E-state index in [0.717, 1.165) is 76.7 Å². The Balaban J connectivity index is 0.740. The molecule has 4 aromatic rings. The zero-order chi connectivity index (χ0) is 50.2. The summed E-state index contributed by atoms with van der Waals surface area (Å²) in [6.45, 7) is 12.7. The number of hydrogen-bond donors (Lipinski definition) is 5. The van der Waals surface area contributed by atoms with E-state index in [0.29, 0.717) is 36.5 Å². The van der Waals surface area contributed by atoms with E-state index < -0.39 is 35.4 Å². The first-order valence-corrected chi connectivity index (χ1v) is 26.4. The quantitative estimate of drug-likeness (QED) is 0.0744. The summed E-state index contributed by atoms with van der Waals surface area (Å²) in [6.07, 6.45) is 9.66. The average Bonchev–Trinajstić information content (AvgIpc) is 4.07. The number of aryl methyl sites for hydroxylation is 1. The Morgan fingerprint density at radius 3 is 2.48 bits per heavy atom. The summed E-state index contributed by atoms with van der Waals surface area (Å²) in [5.74, 6) is 0.931. The highest BCUT2D eigenvalue weighted by molar-refractivity contribution is 7.13. The molecule has 5 amide bonds. The van der Waals surface area contributed by atoms with Crippen molar-refractivity contribution in [3.63, 3.8) is 0 Å². The molecule has 3 aliphatic carbocycles. The Morgan fingerprint density at radius 1 is 0.944 bits per heavy atom. The summed E-state index contributed by atoms with van der Waals surface area (Å²) in [7, 11) is 0. The SMILES string of the molecule is Cc1ncsc1-c1ccc(CNC(=O)[C@@H]2C[C@@H](O)CN2C(=O)[C@@H](NC(=O)COCCCOc2cccc3c(NC(=O)[C@H]4CC[C@H]5[C@@H]6CC[C@H]7NC(=O)C=C[C@]7(C)[C@H]6CC[C@]45C)cccc23)C(C)(C)C)cc1. The number of fused-ring (bicyclic) bond motifs is 6. The molecule has 2 aliphatic heterocycles. The molecular formula is C56H70N6O8S. The molecule has 3 heterocycles. The third-order valence-corrected chi connectivity index (χ3v) is 17.8. The second-order valence-electron chi connectivity index (χ2n) is 22.2. The molecule has 9 rings (SSSR count). The zero-order valence-corrected chi connectivity index (χ0v) is 42.7. The van der Waals surface area contributed by atoms with Crippen molar-refractivity contribution in [1.82, 2.24) is 25.8 Å². The Kier molecular flexibility index (Phi) is 14.5. The summed E-state index contributed by atoms with van der Waals surface area (Å²) in [4.78, 5) is 74.2. The van der Waals surface area contributed by atoms with Crippen molar-refractivity contribution in [3.05, 3.63) is 89.6 Å². The number of nitrogens with one attached hydrogen (secondary N) is 4. The molecule has 4 fully saturated rings. The number of benzene rings is 3. The number of hydrogen-bond acceptors (Lipinski definition) is 10. The molecule has 0 radical (unpaired) electrons. The average molecular weight is 987 g/mol. The molecule has 0 spiro atoms. The standard InChI is InChI=1S/C56H70N6O8S/c1-33-49(71-32-58-33)35-16-14-34(15-17-35)29-57-52(67)44-28-36(63)30-62(44)53(68)50(54(2,3)4)61-48(65)31-69-26-9-27-70-45-13-8-10-37-38(45)11-7-12-43(37)59-51(66)42-20-19-40-39-18-21-46-56(6,25-23-47(64)60-46)41(39)22-24-55(40,42)5/h7-8,10-17,23,25,32,36,39-42,44,46,50,63H,9,18-22,24,26-31H2,1-6H3,(H,57,67)(H,59,66)(H,60,64)(H,61,65)/t36-,39+,40+,41+,42-,44+,46-,50-,55+,56-/m1/s1. The number of carbonyl (C=O) groups excluding carboxylic acids is 5. The van der Waals surface area contributed by atoms with E-state index in [1.54, 1.807) is 17.4 Å². The second-order valence-corrected chi connectivity index (χ2v) is 23.1. The van der Waals surface area contributed by atoms with Gasteiger partial charge in [0, 0.05) is 59.8 Å². The summed E-state index contributed by atoms with van der Waals surface area (Å²) >= 11 is 1.57. The minimum Gasteiger partial charge on any atom is -0.493 e. The topological polar surface area (TPSA) is 188 Å². The normalized spacial score (nSPS) is 28.3. The molecule has 5 aliphatic rings. The van der Waals surface area contributed by atoms with Gasteiger partial charge in [-0.1, -0.05) is 89.2 Å². The van der Waals surface area contributed by atoms with E-state index in [4.69, 9.17) is 9.47 Å². The Hall–Kier alpha value is -5.64. The van der Waals surface area contributed by atoms with Gasteiger partial charge >= 0.3 is 0 Å². The first-order valence-electron chi connectivity index (χ1n) is 25.5. The van der Waals surface area contributed by atoms with Gasteiger partial charge in [0.15, 0.2) is 0 Å². The number of aliphatic hydroxyl groups excluding tert-OH is 1. The highest BCUT2D eigenvalue weighted by Crippen LogP contribution is 2.65. The fraction of sp³-hybridized carbons (Fsp3) is 0.536. The van der Waals surface area contributed by atoms with Gasteiger partial charge in [0.05, 0.1) is 35.4 Å². The van der Waals surface area contributed by atoms with Crippen molar-refractivity contribution in [2.24, 2.45) is 39.9 Å². The van der Waals surface area contributed by atoms with Crippen LogP contribution >= 0.6 is 11.3 Å². The Labute approximate surface area is 421 Å². The van der Waals surface area contributed by atoms with Crippen LogP contribution in [0, 0.1) is 46.8 Å². The predicted molar refractivity (Wildman–Crippen MR) is 274 cm³/mol. The monoisotopic (exact) mass is 986 g/mol. The number of β-amino-alcohol motifs (C(OH)–C–C–N with tert-alkyl or cyclic N) is 1. The molecule has 1 saturated heterocycles. The number of aliphatic hydroxyl groups is 1. The van der Waals surface area contributed by atoms with Crippen LogP contribution in [0.5, 0.6) is 5.75 Å². The van der Waals surface area contributed by atoms with Gasteiger partial charge in [0.2, 0.25) is 29.5 Å². The molecular weight excluding hydrogens is 917 g/mol. The smallest absolute Gasteiger partial charge is 0.246 e. The van der Waals surface area contributed by atoms with Gasteiger partial charge in [0.1, 0.15) is 24.4 Å². The predicted octanol–water partition coefficient (Wildman–Crippen LogP) is 7.72.